The van der Waals surface area contributed by atoms with E-state index < -0.39 is 39.0 Å². The van der Waals surface area contributed by atoms with Gasteiger partial charge in [-0.25, -0.2) is 8.42 Å². The van der Waals surface area contributed by atoms with E-state index in [1.807, 2.05) is 0 Å². The number of aliphatic hydroxyl groups excluding tert-OH is 1. The van der Waals surface area contributed by atoms with Gasteiger partial charge in [0.1, 0.15) is 5.41 Å². The van der Waals surface area contributed by atoms with Crippen molar-refractivity contribution in [2.24, 2.45) is 5.41 Å². The number of aliphatic carboxylic acids is 1. The molecule has 1 fully saturated rings. The molecule has 0 aromatic heterocycles. The Hall–Kier alpha value is -1.60. The van der Waals surface area contributed by atoms with Crippen LogP contribution in [0.3, 0.4) is 0 Å². The topological polar surface area (TPSA) is 91.7 Å². The van der Waals surface area contributed by atoms with Crippen LogP contribution in [0.5, 0.6) is 0 Å². The molecule has 0 radical (unpaired) electrons. The minimum Gasteiger partial charge on any atom is -0.481 e. The predicted molar refractivity (Wildman–Crippen MR) is 93.8 cm³/mol. The summed E-state index contributed by atoms with van der Waals surface area (Å²) in [6, 6.07) is 11.9. The minimum absolute atomic E-state index is 0.0366. The normalized spacial score (nSPS) is 25.6. The van der Waals surface area contributed by atoms with Gasteiger partial charge >= 0.3 is 5.97 Å². The minimum atomic E-state index is -4.00. The van der Waals surface area contributed by atoms with Crippen molar-refractivity contribution in [1.29, 1.82) is 0 Å². The largest absolute Gasteiger partial charge is 0.481 e. The molecule has 1 aliphatic rings. The van der Waals surface area contributed by atoms with E-state index in [2.05, 4.69) is 0 Å². The van der Waals surface area contributed by atoms with E-state index in [0.717, 1.165) is 0 Å². The summed E-state index contributed by atoms with van der Waals surface area (Å²) in [5.41, 5.74) is -1.34. The Kier molecular flexibility index (Phi) is 4.58. The highest BCUT2D eigenvalue weighted by Gasteiger charge is 2.75. The first kappa shape index (κ1) is 18.2. The number of sulfone groups is 1. The Morgan fingerprint density at radius 1 is 1.08 bits per heavy atom. The fourth-order valence-electron chi connectivity index (χ4n) is 3.31. The second-order valence-electron chi connectivity index (χ2n) is 5.96. The number of carbonyl (C=O) groups is 1. The van der Waals surface area contributed by atoms with Crippen molar-refractivity contribution in [3.63, 3.8) is 0 Å². The second-order valence-corrected chi connectivity index (χ2v) is 8.90. The van der Waals surface area contributed by atoms with Gasteiger partial charge in [0.05, 0.1) is 16.8 Å². The summed E-state index contributed by atoms with van der Waals surface area (Å²) in [5.74, 6) is -2.25. The SMILES string of the molecule is O=C(O)[C@@]1(CO)[C@H](c2cccc(Cl)c2)[C@@H]1S(=O)(=O)c1ccc(Cl)cc1. The zero-order valence-corrected chi connectivity index (χ0v) is 15.1. The van der Waals surface area contributed by atoms with E-state index in [4.69, 9.17) is 23.2 Å². The molecule has 0 saturated heterocycles. The van der Waals surface area contributed by atoms with Gasteiger partial charge in [0.2, 0.25) is 0 Å². The lowest BCUT2D eigenvalue weighted by atomic mass is 10.0. The van der Waals surface area contributed by atoms with Gasteiger partial charge in [0, 0.05) is 16.0 Å². The average molecular weight is 401 g/mol. The van der Waals surface area contributed by atoms with Gasteiger partial charge < -0.3 is 10.2 Å². The summed E-state index contributed by atoms with van der Waals surface area (Å²) in [6.07, 6.45) is 0. The summed E-state index contributed by atoms with van der Waals surface area (Å²) in [4.78, 5) is 11.8. The van der Waals surface area contributed by atoms with Gasteiger partial charge in [0.25, 0.3) is 0 Å². The van der Waals surface area contributed by atoms with Crippen molar-refractivity contribution in [3.8, 4) is 0 Å². The molecule has 2 N–H and O–H groups in total. The molecule has 0 unspecified atom stereocenters. The molecule has 2 aromatic rings. The number of benzene rings is 2. The molecule has 25 heavy (non-hydrogen) atoms. The number of carboxylic acids is 1. The number of rotatable bonds is 5. The van der Waals surface area contributed by atoms with E-state index in [9.17, 15) is 23.4 Å². The Morgan fingerprint density at radius 3 is 2.24 bits per heavy atom. The monoisotopic (exact) mass is 400 g/mol. The molecule has 0 heterocycles. The zero-order valence-electron chi connectivity index (χ0n) is 12.8. The Bertz CT molecular complexity index is 926. The summed E-state index contributed by atoms with van der Waals surface area (Å²) in [7, 11) is -4.00. The van der Waals surface area contributed by atoms with E-state index in [1.54, 1.807) is 18.2 Å². The molecular weight excluding hydrogens is 387 g/mol. The molecular formula is C17H14Cl2O5S. The number of halogens is 2. The van der Waals surface area contributed by atoms with Crippen LogP contribution < -0.4 is 0 Å². The molecule has 1 aliphatic carbocycles. The fraction of sp³-hybridized carbons (Fsp3) is 0.235. The van der Waals surface area contributed by atoms with E-state index in [1.165, 1.54) is 30.3 Å². The predicted octanol–water partition coefficient (Wildman–Crippen LogP) is 3.00. The first-order chi connectivity index (χ1) is 11.7. The number of hydrogen-bond donors (Lipinski definition) is 2. The van der Waals surface area contributed by atoms with Crippen LogP contribution in [0, 0.1) is 5.41 Å². The highest BCUT2D eigenvalue weighted by molar-refractivity contribution is 7.92. The first-order valence-electron chi connectivity index (χ1n) is 7.34. The van der Waals surface area contributed by atoms with Crippen molar-refractivity contribution in [3.05, 3.63) is 64.1 Å². The van der Waals surface area contributed by atoms with Crippen molar-refractivity contribution in [2.75, 3.05) is 6.61 Å². The highest BCUT2D eigenvalue weighted by Crippen LogP contribution is 2.64. The molecule has 2 aromatic carbocycles. The molecule has 0 amide bonds. The Labute approximate surface area is 154 Å². The molecule has 5 nitrogen and oxygen atoms in total. The molecule has 132 valence electrons. The lowest BCUT2D eigenvalue weighted by Crippen LogP contribution is -2.27. The van der Waals surface area contributed by atoms with Crippen LogP contribution in [0.1, 0.15) is 11.5 Å². The van der Waals surface area contributed by atoms with Gasteiger partial charge in [-0.3, -0.25) is 4.79 Å². The average Bonchev–Trinajstić information content (AvgIpc) is 3.27. The fourth-order valence-corrected chi connectivity index (χ4v) is 6.00. The summed E-state index contributed by atoms with van der Waals surface area (Å²) in [5, 5.41) is 18.8. The third-order valence-electron chi connectivity index (χ3n) is 4.60. The van der Waals surface area contributed by atoms with Crippen LogP contribution in [0.15, 0.2) is 53.4 Å². The molecule has 0 aliphatic heterocycles. The molecule has 3 rings (SSSR count). The van der Waals surface area contributed by atoms with Crippen LogP contribution in [0.25, 0.3) is 0 Å². The molecule has 3 atom stereocenters. The summed E-state index contributed by atoms with van der Waals surface area (Å²) >= 11 is 11.7. The third-order valence-corrected chi connectivity index (χ3v) is 7.38. The van der Waals surface area contributed by atoms with Crippen LogP contribution in [-0.2, 0) is 14.6 Å². The van der Waals surface area contributed by atoms with Crippen LogP contribution in [-0.4, -0.2) is 36.5 Å². The van der Waals surface area contributed by atoms with Gasteiger partial charge in [-0.15, -0.1) is 0 Å². The lowest BCUT2D eigenvalue weighted by Gasteiger charge is -2.09. The van der Waals surface area contributed by atoms with Crippen molar-refractivity contribution < 1.29 is 23.4 Å². The maximum Gasteiger partial charge on any atom is 0.314 e. The summed E-state index contributed by atoms with van der Waals surface area (Å²) in [6.45, 7) is -0.795. The van der Waals surface area contributed by atoms with E-state index in [0.29, 0.717) is 15.6 Å². The lowest BCUT2D eigenvalue weighted by molar-refractivity contribution is -0.145. The van der Waals surface area contributed by atoms with Gasteiger partial charge in [-0.1, -0.05) is 35.3 Å². The van der Waals surface area contributed by atoms with Crippen molar-refractivity contribution >= 4 is 39.0 Å². The number of carboxylic acid groups (broad SMARTS) is 1. The van der Waals surface area contributed by atoms with Crippen molar-refractivity contribution in [1.82, 2.24) is 0 Å². The maximum absolute atomic E-state index is 13.0. The van der Waals surface area contributed by atoms with Gasteiger partial charge in [0.15, 0.2) is 9.84 Å². The number of hydrogen-bond acceptors (Lipinski definition) is 4. The molecule has 0 bridgehead atoms. The van der Waals surface area contributed by atoms with Crippen molar-refractivity contribution in [2.45, 2.75) is 16.1 Å². The highest BCUT2D eigenvalue weighted by atomic mass is 35.5. The number of aliphatic hydroxyl groups is 1. The Morgan fingerprint density at radius 2 is 1.72 bits per heavy atom. The van der Waals surface area contributed by atoms with Gasteiger partial charge in [-0.2, -0.15) is 0 Å². The second kappa shape index (κ2) is 6.29. The van der Waals surface area contributed by atoms with Crippen LogP contribution in [0.2, 0.25) is 10.0 Å². The molecule has 1 saturated carbocycles. The smallest absolute Gasteiger partial charge is 0.314 e. The molecule has 0 spiro atoms. The van der Waals surface area contributed by atoms with Gasteiger partial charge in [-0.05, 0) is 42.0 Å². The Balaban J connectivity index is 2.12. The molecule has 8 heteroatoms. The zero-order chi connectivity index (χ0) is 18.4. The van der Waals surface area contributed by atoms with E-state index in [-0.39, 0.29) is 4.90 Å². The summed E-state index contributed by atoms with van der Waals surface area (Å²) < 4.78 is 26.0. The van der Waals surface area contributed by atoms with Crippen LogP contribution >= 0.6 is 23.2 Å². The quantitative estimate of drug-likeness (QED) is 0.804. The first-order valence-corrected chi connectivity index (χ1v) is 9.64. The van der Waals surface area contributed by atoms with E-state index >= 15 is 0 Å². The third kappa shape index (κ3) is 2.83. The van der Waals surface area contributed by atoms with Crippen LogP contribution in [0.4, 0.5) is 0 Å². The maximum atomic E-state index is 13.0. The standard InChI is InChI=1S/C17H14Cl2O5S/c18-11-4-6-13(7-5-11)25(23,24)15-14(17(15,9-20)16(21)22)10-2-1-3-12(19)8-10/h1-8,14-15,20H,9H2,(H,21,22)/t14-,15+,17+/m1/s1.